The molecule has 6 rings (SSSR count). The Morgan fingerprint density at radius 3 is 2.72 bits per heavy atom. The highest BCUT2D eigenvalue weighted by Gasteiger charge is 2.42. The number of nitrogens with zero attached hydrogens (tertiary/aromatic N) is 4. The molecule has 1 aliphatic carbocycles. The first-order chi connectivity index (χ1) is 14.1. The lowest BCUT2D eigenvalue weighted by molar-refractivity contribution is 0.0665. The summed E-state index contributed by atoms with van der Waals surface area (Å²) in [5, 5.41) is 8.39. The number of piperidine rings is 1. The maximum absolute atomic E-state index is 13.2. The van der Waals surface area contributed by atoms with Crippen molar-refractivity contribution in [3.63, 3.8) is 0 Å². The van der Waals surface area contributed by atoms with Gasteiger partial charge < -0.3 is 14.8 Å². The van der Waals surface area contributed by atoms with Crippen LogP contribution >= 0.6 is 0 Å². The summed E-state index contributed by atoms with van der Waals surface area (Å²) in [7, 11) is 1.89. The second kappa shape index (κ2) is 5.99. The first-order valence-electron chi connectivity index (χ1n) is 10.5. The maximum Gasteiger partial charge on any atom is 0.272 e. The van der Waals surface area contributed by atoms with Gasteiger partial charge in [-0.25, -0.2) is 0 Å². The van der Waals surface area contributed by atoms with E-state index < -0.39 is 0 Å². The van der Waals surface area contributed by atoms with E-state index in [2.05, 4.69) is 57.6 Å². The van der Waals surface area contributed by atoms with E-state index in [-0.39, 0.29) is 11.4 Å². The van der Waals surface area contributed by atoms with Crippen LogP contribution in [0.25, 0.3) is 5.69 Å². The number of aromatic nitrogens is 3. The quantitative estimate of drug-likeness (QED) is 0.730. The van der Waals surface area contributed by atoms with Gasteiger partial charge in [-0.2, -0.15) is 5.10 Å². The van der Waals surface area contributed by atoms with Crippen LogP contribution in [0.1, 0.15) is 53.5 Å². The second-order valence-corrected chi connectivity index (χ2v) is 8.63. The molecule has 4 heterocycles. The second-order valence-electron chi connectivity index (χ2n) is 8.63. The molecule has 1 saturated carbocycles. The average molecular weight is 387 g/mol. The fraction of sp³-hybridized carbons (Fsp3) is 0.391. The molecule has 0 bridgehead atoms. The minimum absolute atomic E-state index is 0.105. The van der Waals surface area contributed by atoms with Gasteiger partial charge in [0.1, 0.15) is 5.69 Å². The van der Waals surface area contributed by atoms with Crippen LogP contribution in [0.15, 0.2) is 48.7 Å². The lowest BCUT2D eigenvalue weighted by Crippen LogP contribution is -2.51. The summed E-state index contributed by atoms with van der Waals surface area (Å²) in [6.45, 7) is 1.48. The molecule has 2 aromatic heterocycles. The third-order valence-corrected chi connectivity index (χ3v) is 6.79. The number of likely N-dealkylation sites (tertiary alicyclic amines) is 1. The molecule has 6 nitrogen and oxygen atoms in total. The Labute approximate surface area is 170 Å². The SMILES string of the molecule is Cn1nc(C2CC2)cc1C(=O)N1CCC2(CC1)Nc1ccccc1-n1cccc12. The Balaban J connectivity index is 1.25. The van der Waals surface area contributed by atoms with Crippen molar-refractivity contribution in [3.8, 4) is 5.69 Å². The monoisotopic (exact) mass is 387 g/mol. The fourth-order valence-corrected chi connectivity index (χ4v) is 5.00. The Hall–Kier alpha value is -3.02. The fourth-order valence-electron chi connectivity index (χ4n) is 5.00. The number of carbonyl (C=O) groups excluding carboxylic acids is 1. The minimum Gasteiger partial charge on any atom is -0.372 e. The van der Waals surface area contributed by atoms with Crippen LogP contribution in [0.3, 0.4) is 0 Å². The molecule has 3 aliphatic rings. The summed E-state index contributed by atoms with van der Waals surface area (Å²) in [5.41, 5.74) is 5.32. The molecule has 1 amide bonds. The molecule has 2 fully saturated rings. The highest BCUT2D eigenvalue weighted by Crippen LogP contribution is 2.43. The summed E-state index contributed by atoms with van der Waals surface area (Å²) < 4.78 is 4.06. The Morgan fingerprint density at radius 1 is 1.14 bits per heavy atom. The average Bonchev–Trinajstić information content (AvgIpc) is 3.32. The van der Waals surface area contributed by atoms with Crippen molar-refractivity contribution < 1.29 is 4.79 Å². The number of fused-ring (bicyclic) bond motifs is 4. The number of para-hydroxylation sites is 2. The minimum atomic E-state index is -0.125. The van der Waals surface area contributed by atoms with Gasteiger partial charge in [-0.15, -0.1) is 0 Å². The molecule has 0 radical (unpaired) electrons. The number of rotatable bonds is 2. The van der Waals surface area contributed by atoms with E-state index in [1.807, 2.05) is 18.0 Å². The molecule has 1 aromatic carbocycles. The predicted octanol–water partition coefficient (Wildman–Crippen LogP) is 3.65. The van der Waals surface area contributed by atoms with E-state index >= 15 is 0 Å². The van der Waals surface area contributed by atoms with Crippen LogP contribution in [0.4, 0.5) is 5.69 Å². The molecule has 0 atom stereocenters. The lowest BCUT2D eigenvalue weighted by Gasteiger charge is -2.46. The van der Waals surface area contributed by atoms with Crippen LogP contribution in [-0.2, 0) is 12.6 Å². The Kier molecular flexibility index (Phi) is 3.49. The van der Waals surface area contributed by atoms with Gasteiger partial charge in [0.2, 0.25) is 0 Å². The number of nitrogens with one attached hydrogen (secondary N) is 1. The van der Waals surface area contributed by atoms with Crippen LogP contribution in [0, 0.1) is 0 Å². The van der Waals surface area contributed by atoms with Crippen molar-refractivity contribution in [2.24, 2.45) is 7.05 Å². The summed E-state index contributed by atoms with van der Waals surface area (Å²) in [6, 6.07) is 14.8. The van der Waals surface area contributed by atoms with Crippen LogP contribution in [0.5, 0.6) is 0 Å². The Bertz CT molecular complexity index is 1100. The summed E-state index contributed by atoms with van der Waals surface area (Å²) >= 11 is 0. The van der Waals surface area contributed by atoms with E-state index in [9.17, 15) is 4.79 Å². The first kappa shape index (κ1) is 16.9. The van der Waals surface area contributed by atoms with Crippen molar-refractivity contribution in [1.82, 2.24) is 19.2 Å². The van der Waals surface area contributed by atoms with E-state index in [4.69, 9.17) is 0 Å². The molecule has 6 heteroatoms. The zero-order valence-electron chi connectivity index (χ0n) is 16.6. The molecular weight excluding hydrogens is 362 g/mol. The molecular formula is C23H25N5O. The maximum atomic E-state index is 13.2. The van der Waals surface area contributed by atoms with Gasteiger partial charge in [0.25, 0.3) is 5.91 Å². The summed E-state index contributed by atoms with van der Waals surface area (Å²) in [4.78, 5) is 15.2. The largest absolute Gasteiger partial charge is 0.372 e. The van der Waals surface area contributed by atoms with Gasteiger partial charge in [0, 0.05) is 37.9 Å². The molecule has 148 valence electrons. The van der Waals surface area contributed by atoms with Crippen molar-refractivity contribution in [1.29, 1.82) is 0 Å². The van der Waals surface area contributed by atoms with Crippen molar-refractivity contribution in [2.45, 2.75) is 37.1 Å². The van der Waals surface area contributed by atoms with Gasteiger partial charge >= 0.3 is 0 Å². The number of aryl methyl sites for hydroxylation is 1. The van der Waals surface area contributed by atoms with E-state index in [0.29, 0.717) is 11.6 Å². The molecule has 2 aliphatic heterocycles. The third kappa shape index (κ3) is 2.55. The van der Waals surface area contributed by atoms with Gasteiger partial charge in [0.15, 0.2) is 0 Å². The van der Waals surface area contributed by atoms with Crippen molar-refractivity contribution in [3.05, 3.63) is 65.7 Å². The Morgan fingerprint density at radius 2 is 1.93 bits per heavy atom. The van der Waals surface area contributed by atoms with Crippen LogP contribution in [0.2, 0.25) is 0 Å². The summed E-state index contributed by atoms with van der Waals surface area (Å²) in [6.07, 6.45) is 6.32. The molecule has 29 heavy (non-hydrogen) atoms. The molecule has 1 N–H and O–H groups in total. The van der Waals surface area contributed by atoms with Gasteiger partial charge in [-0.3, -0.25) is 9.48 Å². The van der Waals surface area contributed by atoms with Crippen molar-refractivity contribution >= 4 is 11.6 Å². The van der Waals surface area contributed by atoms with Gasteiger partial charge in [-0.1, -0.05) is 12.1 Å². The topological polar surface area (TPSA) is 55.1 Å². The van der Waals surface area contributed by atoms with E-state index in [1.54, 1.807) is 4.68 Å². The molecule has 0 unspecified atom stereocenters. The molecule has 1 spiro atoms. The molecule has 1 saturated heterocycles. The number of hydrogen-bond acceptors (Lipinski definition) is 3. The van der Waals surface area contributed by atoms with Gasteiger partial charge in [0.05, 0.1) is 22.6 Å². The highest BCUT2D eigenvalue weighted by molar-refractivity contribution is 5.93. The predicted molar refractivity (Wildman–Crippen MR) is 111 cm³/mol. The first-order valence-corrected chi connectivity index (χ1v) is 10.5. The smallest absolute Gasteiger partial charge is 0.272 e. The van der Waals surface area contributed by atoms with E-state index in [0.717, 1.165) is 37.3 Å². The molecule has 3 aromatic rings. The normalized spacial score (nSPS) is 19.6. The number of carbonyl (C=O) groups is 1. The van der Waals surface area contributed by atoms with Crippen molar-refractivity contribution in [2.75, 3.05) is 18.4 Å². The third-order valence-electron chi connectivity index (χ3n) is 6.79. The van der Waals surface area contributed by atoms with Crippen LogP contribution in [-0.4, -0.2) is 38.2 Å². The zero-order valence-corrected chi connectivity index (χ0v) is 16.6. The van der Waals surface area contributed by atoms with Crippen LogP contribution < -0.4 is 5.32 Å². The zero-order chi connectivity index (χ0) is 19.6. The standard InChI is InChI=1S/C23H25N5O/c1-26-20(15-18(25-26)16-8-9-16)22(29)27-13-10-23(11-14-27)21-7-4-12-28(21)19-6-3-2-5-17(19)24-23/h2-7,12,15-16,24H,8-11,13-14H2,1H3. The number of amides is 1. The summed E-state index contributed by atoms with van der Waals surface area (Å²) in [5.74, 6) is 0.667. The number of anilines is 1. The number of benzene rings is 1. The van der Waals surface area contributed by atoms with Gasteiger partial charge in [-0.05, 0) is 56.0 Å². The lowest BCUT2D eigenvalue weighted by atomic mass is 9.82. The van der Waals surface area contributed by atoms with E-state index in [1.165, 1.54) is 24.2 Å². The number of hydrogen-bond donors (Lipinski definition) is 1. The highest BCUT2D eigenvalue weighted by atomic mass is 16.2.